The van der Waals surface area contributed by atoms with E-state index in [0.29, 0.717) is 46.6 Å². The number of nitrogens with zero attached hydrogens (tertiary/aromatic N) is 5. The van der Waals surface area contributed by atoms with Gasteiger partial charge in [-0.25, -0.2) is 18.6 Å². The van der Waals surface area contributed by atoms with Crippen LogP contribution < -0.4 is 11.5 Å². The third-order valence-electron chi connectivity index (χ3n) is 7.72. The molecule has 2 aliphatic rings. The molecule has 0 radical (unpaired) electrons. The van der Waals surface area contributed by atoms with Crippen molar-refractivity contribution in [1.29, 1.82) is 0 Å². The van der Waals surface area contributed by atoms with Crippen molar-refractivity contribution in [2.24, 2.45) is 5.73 Å². The van der Waals surface area contributed by atoms with Crippen molar-refractivity contribution in [3.63, 3.8) is 0 Å². The number of benzene rings is 1. The number of aromatic nitrogens is 4. The quantitative estimate of drug-likeness (QED) is 0.388. The molecule has 0 unspecified atom stereocenters. The molecule has 0 saturated carbocycles. The zero-order chi connectivity index (χ0) is 26.7. The average Bonchev–Trinajstić information content (AvgIpc) is 3.42. The topological polar surface area (TPSA) is 132 Å². The summed E-state index contributed by atoms with van der Waals surface area (Å²) in [7, 11) is 0. The second-order valence-electron chi connectivity index (χ2n) is 9.96. The van der Waals surface area contributed by atoms with E-state index in [4.69, 9.17) is 16.5 Å². The molecule has 2 fully saturated rings. The average molecular weight is 518 g/mol. The Labute approximate surface area is 216 Å². The van der Waals surface area contributed by atoms with Crippen molar-refractivity contribution in [2.45, 2.75) is 50.6 Å². The number of carbonyl (C=O) groups excluding carboxylic acids is 2. The number of hydrogen-bond donors (Lipinski definition) is 2. The Kier molecular flexibility index (Phi) is 5.59. The van der Waals surface area contributed by atoms with E-state index in [1.807, 2.05) is 0 Å². The van der Waals surface area contributed by atoms with Crippen molar-refractivity contribution >= 4 is 23.3 Å². The summed E-state index contributed by atoms with van der Waals surface area (Å²) < 4.78 is 29.0. The zero-order valence-electron chi connectivity index (χ0n) is 20.6. The number of amides is 2. The van der Waals surface area contributed by atoms with Crippen molar-refractivity contribution in [2.75, 3.05) is 5.73 Å². The molecule has 0 spiro atoms. The van der Waals surface area contributed by atoms with Crippen LogP contribution in [0, 0.1) is 11.6 Å². The minimum atomic E-state index is -0.701. The molecule has 194 valence electrons. The number of hydrogen-bond acceptors (Lipinski definition) is 6. The van der Waals surface area contributed by atoms with E-state index in [1.54, 1.807) is 29.4 Å². The first-order chi connectivity index (χ1) is 18.2. The number of piperidine rings is 1. The molecule has 5 heterocycles. The number of anilines is 1. The highest BCUT2D eigenvalue weighted by Crippen LogP contribution is 2.44. The minimum Gasteiger partial charge on any atom is -0.383 e. The number of urea groups is 1. The SMILES string of the molecule is CC(=O)c1c([C@H]2C[C@H]3CC[C@@H](C2)N3C(N)=O)nc2c(-c3ccc(-c4ccc(F)cc4F)nc3)cnn2c1N. The summed E-state index contributed by atoms with van der Waals surface area (Å²) >= 11 is 0. The number of primary amides is 1. The van der Waals surface area contributed by atoms with E-state index in [0.717, 1.165) is 18.9 Å². The molecule has 4 N–H and O–H groups in total. The third kappa shape index (κ3) is 3.77. The predicted molar refractivity (Wildman–Crippen MR) is 136 cm³/mol. The van der Waals surface area contributed by atoms with Gasteiger partial charge in [-0.2, -0.15) is 9.61 Å². The highest BCUT2D eigenvalue weighted by atomic mass is 19.1. The van der Waals surface area contributed by atoms with E-state index in [9.17, 15) is 18.4 Å². The number of carbonyl (C=O) groups is 2. The number of Topliss-reactive ketones (excluding diaryl/α,β-unsaturated/α-hetero) is 1. The van der Waals surface area contributed by atoms with E-state index >= 15 is 0 Å². The molecule has 2 saturated heterocycles. The number of rotatable bonds is 4. The Morgan fingerprint density at radius 3 is 2.37 bits per heavy atom. The lowest BCUT2D eigenvalue weighted by Crippen LogP contribution is -2.48. The van der Waals surface area contributed by atoms with Crippen LogP contribution >= 0.6 is 0 Å². The number of halogens is 2. The second-order valence-corrected chi connectivity index (χ2v) is 9.96. The van der Waals surface area contributed by atoms with Gasteiger partial charge < -0.3 is 16.4 Å². The molecule has 2 bridgehead atoms. The number of fused-ring (bicyclic) bond motifs is 3. The van der Waals surface area contributed by atoms with Crippen LogP contribution in [0.15, 0.2) is 42.7 Å². The van der Waals surface area contributed by atoms with Gasteiger partial charge in [-0.3, -0.25) is 9.78 Å². The summed E-state index contributed by atoms with van der Waals surface area (Å²) in [5.74, 6) is -1.44. The van der Waals surface area contributed by atoms with Crippen LogP contribution in [0.5, 0.6) is 0 Å². The number of nitrogens with two attached hydrogens (primary N) is 2. The highest BCUT2D eigenvalue weighted by molar-refractivity contribution is 6.00. The smallest absolute Gasteiger partial charge is 0.315 e. The lowest BCUT2D eigenvalue weighted by molar-refractivity contribution is 0.101. The van der Waals surface area contributed by atoms with Gasteiger partial charge in [0.1, 0.15) is 17.5 Å². The van der Waals surface area contributed by atoms with E-state index in [-0.39, 0.29) is 35.2 Å². The minimum absolute atomic E-state index is 0.00305. The van der Waals surface area contributed by atoms with Crippen LogP contribution in [-0.2, 0) is 0 Å². The molecular weight excluding hydrogens is 492 g/mol. The summed E-state index contributed by atoms with van der Waals surface area (Å²) in [5.41, 5.74) is 15.4. The van der Waals surface area contributed by atoms with E-state index in [1.165, 1.54) is 23.6 Å². The maximum absolute atomic E-state index is 14.2. The van der Waals surface area contributed by atoms with Crippen LogP contribution in [-0.4, -0.2) is 48.4 Å². The highest BCUT2D eigenvalue weighted by Gasteiger charge is 2.44. The first-order valence-electron chi connectivity index (χ1n) is 12.4. The van der Waals surface area contributed by atoms with Gasteiger partial charge in [-0.1, -0.05) is 6.07 Å². The summed E-state index contributed by atoms with van der Waals surface area (Å²) in [6, 6.07) is 6.32. The van der Waals surface area contributed by atoms with Crippen molar-refractivity contribution < 1.29 is 18.4 Å². The van der Waals surface area contributed by atoms with Crippen LogP contribution in [0.4, 0.5) is 19.4 Å². The first kappa shape index (κ1) is 24.0. The van der Waals surface area contributed by atoms with E-state index < -0.39 is 17.7 Å². The summed E-state index contributed by atoms with van der Waals surface area (Å²) in [4.78, 5) is 35.7. The molecule has 0 aliphatic carbocycles. The van der Waals surface area contributed by atoms with Gasteiger partial charge >= 0.3 is 6.03 Å². The molecule has 3 aromatic heterocycles. The third-order valence-corrected chi connectivity index (χ3v) is 7.72. The predicted octanol–water partition coefficient (Wildman–Crippen LogP) is 4.31. The van der Waals surface area contributed by atoms with Crippen LogP contribution in [0.2, 0.25) is 0 Å². The number of pyridine rings is 1. The molecule has 6 rings (SSSR count). The monoisotopic (exact) mass is 517 g/mol. The molecule has 1 aromatic carbocycles. The molecule has 2 amide bonds. The fraction of sp³-hybridized carbons (Fsp3) is 0.296. The van der Waals surface area contributed by atoms with Crippen LogP contribution in [0.25, 0.3) is 28.0 Å². The first-order valence-corrected chi connectivity index (χ1v) is 12.4. The lowest BCUT2D eigenvalue weighted by atomic mass is 9.85. The Morgan fingerprint density at radius 1 is 1.03 bits per heavy atom. The van der Waals surface area contributed by atoms with Gasteiger partial charge in [0, 0.05) is 47.0 Å². The van der Waals surface area contributed by atoms with Gasteiger partial charge in [0.15, 0.2) is 11.4 Å². The molecular formula is C27H25F2N7O2. The van der Waals surface area contributed by atoms with Crippen molar-refractivity contribution in [1.82, 2.24) is 24.5 Å². The number of nitrogen functional groups attached to an aromatic ring is 1. The van der Waals surface area contributed by atoms with Gasteiger partial charge in [0.25, 0.3) is 0 Å². The summed E-state index contributed by atoms with van der Waals surface area (Å²) in [6.45, 7) is 1.46. The Bertz CT molecular complexity index is 1590. The fourth-order valence-corrected chi connectivity index (χ4v) is 6.06. The normalized spacial score (nSPS) is 20.7. The van der Waals surface area contributed by atoms with Gasteiger partial charge in [0.2, 0.25) is 0 Å². The van der Waals surface area contributed by atoms with E-state index in [2.05, 4.69) is 10.1 Å². The van der Waals surface area contributed by atoms with Crippen LogP contribution in [0.1, 0.15) is 54.6 Å². The molecule has 3 atom stereocenters. The van der Waals surface area contributed by atoms with Crippen molar-refractivity contribution in [3.8, 4) is 22.4 Å². The van der Waals surface area contributed by atoms with Crippen LogP contribution in [0.3, 0.4) is 0 Å². The maximum Gasteiger partial charge on any atom is 0.315 e. The van der Waals surface area contributed by atoms with Crippen molar-refractivity contribution in [3.05, 3.63) is 65.6 Å². The van der Waals surface area contributed by atoms with Gasteiger partial charge in [0.05, 0.1) is 23.1 Å². The second kappa shape index (κ2) is 8.86. The molecule has 38 heavy (non-hydrogen) atoms. The largest absolute Gasteiger partial charge is 0.383 e. The Balaban J connectivity index is 1.41. The zero-order valence-corrected chi connectivity index (χ0v) is 20.6. The molecule has 11 heteroatoms. The summed E-state index contributed by atoms with van der Waals surface area (Å²) in [6.07, 6.45) is 6.18. The number of ketones is 1. The Morgan fingerprint density at radius 2 is 1.76 bits per heavy atom. The molecule has 2 aliphatic heterocycles. The standard InChI is InChI=1S/C27H25F2N7O2/c1-13(37)23-24(15-8-17-4-5-18(9-15)35(17)27(31)38)34-26-20(12-33-36(26)25(23)30)14-2-7-22(32-11-14)19-6-3-16(28)10-21(19)29/h2-3,6-7,10-12,15,17-18H,4-5,8-9,30H2,1H3,(H2,31,38)/t15-,17+,18-. The maximum atomic E-state index is 14.2. The lowest BCUT2D eigenvalue weighted by Gasteiger charge is -2.38. The Hall–Kier alpha value is -4.41. The molecule has 4 aromatic rings. The molecule has 9 nitrogen and oxygen atoms in total. The van der Waals surface area contributed by atoms with Gasteiger partial charge in [-0.05, 0) is 50.8 Å². The fourth-order valence-electron chi connectivity index (χ4n) is 6.06. The summed E-state index contributed by atoms with van der Waals surface area (Å²) in [5, 5.41) is 4.38. The van der Waals surface area contributed by atoms with Gasteiger partial charge in [-0.15, -0.1) is 0 Å².